The summed E-state index contributed by atoms with van der Waals surface area (Å²) in [4.78, 5) is 0. The molecule has 23 heavy (non-hydrogen) atoms. The second-order valence-corrected chi connectivity index (χ2v) is 6.59. The highest BCUT2D eigenvalue weighted by atomic mass is 14.5. The first-order valence-corrected chi connectivity index (χ1v) is 8.72. The van der Waals surface area contributed by atoms with Crippen LogP contribution >= 0.6 is 0 Å². The van der Waals surface area contributed by atoms with Crippen LogP contribution < -0.4 is 5.73 Å². The van der Waals surface area contributed by atoms with Gasteiger partial charge in [-0.25, -0.2) is 0 Å². The minimum atomic E-state index is 0.740. The van der Waals surface area contributed by atoms with Gasteiger partial charge in [0.05, 0.1) is 0 Å². The maximum Gasteiger partial charge on any atom is 0.0478 e. The van der Waals surface area contributed by atoms with E-state index in [-0.39, 0.29) is 0 Å². The number of nitrogen functional groups attached to an aromatic ring is 1. The molecule has 1 heteroatoms. The lowest BCUT2D eigenvalue weighted by Gasteiger charge is -2.28. The molecule has 0 unspecified atom stereocenters. The maximum atomic E-state index is 5.93. The predicted octanol–water partition coefficient (Wildman–Crippen LogP) is 5.35. The molecule has 0 radical (unpaired) electrons. The van der Waals surface area contributed by atoms with Crippen molar-refractivity contribution < 1.29 is 0 Å². The summed E-state index contributed by atoms with van der Waals surface area (Å²) in [6.07, 6.45) is 6.78. The highest BCUT2D eigenvalue weighted by Gasteiger charge is 2.20. The highest BCUT2D eigenvalue weighted by molar-refractivity contribution is 5.57. The van der Waals surface area contributed by atoms with Gasteiger partial charge in [0, 0.05) is 16.8 Å². The van der Waals surface area contributed by atoms with Crippen LogP contribution in [0.3, 0.4) is 0 Å². The van der Waals surface area contributed by atoms with Crippen LogP contribution in [-0.4, -0.2) is 0 Å². The van der Waals surface area contributed by atoms with Crippen LogP contribution in [0.2, 0.25) is 0 Å². The lowest BCUT2D eigenvalue weighted by Crippen LogP contribution is -2.12. The lowest BCUT2D eigenvalue weighted by molar-refractivity contribution is 0.319. The first-order chi connectivity index (χ1) is 11.3. The summed E-state index contributed by atoms with van der Waals surface area (Å²) in [5.41, 5.74) is 10.1. The van der Waals surface area contributed by atoms with E-state index in [1.54, 1.807) is 0 Å². The monoisotopic (exact) mass is 303 g/mol. The van der Waals surface area contributed by atoms with Gasteiger partial charge in [0.25, 0.3) is 0 Å². The van der Waals surface area contributed by atoms with Crippen molar-refractivity contribution in [2.75, 3.05) is 5.73 Å². The van der Waals surface area contributed by atoms with Crippen LogP contribution in [0.4, 0.5) is 5.69 Å². The van der Waals surface area contributed by atoms with E-state index in [0.29, 0.717) is 0 Å². The molecule has 1 fully saturated rings. The van der Waals surface area contributed by atoms with E-state index in [2.05, 4.69) is 43.0 Å². The van der Waals surface area contributed by atoms with E-state index in [0.717, 1.165) is 28.7 Å². The molecule has 3 rings (SSSR count). The molecule has 1 nitrogen and oxygen atoms in total. The number of nitrogens with two attached hydrogens (primary N) is 1. The first-order valence-electron chi connectivity index (χ1n) is 8.72. The van der Waals surface area contributed by atoms with Crippen LogP contribution in [0, 0.1) is 17.8 Å². The van der Waals surface area contributed by atoms with Crippen LogP contribution in [0.5, 0.6) is 0 Å². The second kappa shape index (κ2) is 7.38. The standard InChI is InChI=1S/C22H25N/c1-2-17-7-12-19(13-8-17)20-14-9-18(10-15-20)11-16-21-5-3-4-6-22(21)23/h3-6,9-10,14-15,17,19H,2,7-8,12-13,23H2,1H3. The molecule has 2 N–H and O–H groups in total. The van der Waals surface area contributed by atoms with Gasteiger partial charge in [0.1, 0.15) is 0 Å². The van der Waals surface area contributed by atoms with Gasteiger partial charge in [-0.1, -0.05) is 49.5 Å². The fourth-order valence-electron chi connectivity index (χ4n) is 3.49. The normalized spacial score (nSPS) is 20.6. The summed E-state index contributed by atoms with van der Waals surface area (Å²) in [6.45, 7) is 2.32. The minimum Gasteiger partial charge on any atom is -0.398 e. The quantitative estimate of drug-likeness (QED) is 0.587. The van der Waals surface area contributed by atoms with Crippen molar-refractivity contribution >= 4 is 5.69 Å². The number of hydrogen-bond acceptors (Lipinski definition) is 1. The summed E-state index contributed by atoms with van der Waals surface area (Å²) in [7, 11) is 0. The molecule has 0 amide bonds. The van der Waals surface area contributed by atoms with Gasteiger partial charge in [-0.2, -0.15) is 0 Å². The Morgan fingerprint density at radius 1 is 0.913 bits per heavy atom. The molecule has 0 aliphatic heterocycles. The van der Waals surface area contributed by atoms with Gasteiger partial charge in [0.2, 0.25) is 0 Å². The van der Waals surface area contributed by atoms with Crippen LogP contribution in [0.15, 0.2) is 48.5 Å². The summed E-state index contributed by atoms with van der Waals surface area (Å²) < 4.78 is 0. The molecule has 0 heterocycles. The molecule has 1 aliphatic carbocycles. The molecule has 0 aromatic heterocycles. The molecule has 0 atom stereocenters. The average Bonchev–Trinajstić information content (AvgIpc) is 2.62. The van der Waals surface area contributed by atoms with Crippen molar-refractivity contribution in [2.45, 2.75) is 44.9 Å². The average molecular weight is 303 g/mol. The summed E-state index contributed by atoms with van der Waals surface area (Å²) in [6, 6.07) is 16.6. The van der Waals surface area contributed by atoms with Gasteiger partial charge in [0.15, 0.2) is 0 Å². The molecular weight excluding hydrogens is 278 g/mol. The number of para-hydroxylation sites is 1. The summed E-state index contributed by atoms with van der Waals surface area (Å²) >= 11 is 0. The van der Waals surface area contributed by atoms with Crippen LogP contribution in [0.1, 0.15) is 61.6 Å². The van der Waals surface area contributed by atoms with E-state index < -0.39 is 0 Å². The van der Waals surface area contributed by atoms with Crippen LogP contribution in [-0.2, 0) is 0 Å². The fourth-order valence-corrected chi connectivity index (χ4v) is 3.49. The van der Waals surface area contributed by atoms with E-state index in [4.69, 9.17) is 5.73 Å². The molecule has 1 saturated carbocycles. The summed E-state index contributed by atoms with van der Waals surface area (Å²) in [5.74, 6) is 8.08. The van der Waals surface area contributed by atoms with E-state index in [1.807, 2.05) is 24.3 Å². The zero-order valence-electron chi connectivity index (χ0n) is 13.9. The third-order valence-corrected chi connectivity index (χ3v) is 5.11. The van der Waals surface area contributed by atoms with E-state index in [1.165, 1.54) is 37.7 Å². The van der Waals surface area contributed by atoms with Gasteiger partial charge < -0.3 is 5.73 Å². The summed E-state index contributed by atoms with van der Waals surface area (Å²) in [5, 5.41) is 0. The Kier molecular flexibility index (Phi) is 5.03. The Morgan fingerprint density at radius 3 is 2.26 bits per heavy atom. The lowest BCUT2D eigenvalue weighted by atomic mass is 9.78. The largest absolute Gasteiger partial charge is 0.398 e. The Morgan fingerprint density at radius 2 is 1.61 bits per heavy atom. The van der Waals surface area contributed by atoms with Gasteiger partial charge in [-0.15, -0.1) is 0 Å². The smallest absolute Gasteiger partial charge is 0.0478 e. The third kappa shape index (κ3) is 3.96. The third-order valence-electron chi connectivity index (χ3n) is 5.11. The van der Waals surface area contributed by atoms with E-state index >= 15 is 0 Å². The zero-order chi connectivity index (χ0) is 16.1. The first kappa shape index (κ1) is 15.7. The molecule has 0 spiro atoms. The number of rotatable bonds is 2. The predicted molar refractivity (Wildman–Crippen MR) is 98.3 cm³/mol. The molecule has 1 aliphatic rings. The highest BCUT2D eigenvalue weighted by Crippen LogP contribution is 2.36. The Balaban J connectivity index is 1.68. The topological polar surface area (TPSA) is 26.0 Å². The minimum absolute atomic E-state index is 0.740. The van der Waals surface area contributed by atoms with Crippen molar-refractivity contribution in [3.8, 4) is 11.8 Å². The number of hydrogen-bond donors (Lipinski definition) is 1. The number of anilines is 1. The zero-order valence-corrected chi connectivity index (χ0v) is 13.9. The fraction of sp³-hybridized carbons (Fsp3) is 0.364. The molecular formula is C22H25N. The van der Waals surface area contributed by atoms with Crippen LogP contribution in [0.25, 0.3) is 0 Å². The second-order valence-electron chi connectivity index (χ2n) is 6.59. The molecule has 118 valence electrons. The van der Waals surface area contributed by atoms with Gasteiger partial charge in [-0.05, 0) is 67.3 Å². The van der Waals surface area contributed by atoms with Gasteiger partial charge >= 0.3 is 0 Å². The van der Waals surface area contributed by atoms with Crippen molar-refractivity contribution in [3.63, 3.8) is 0 Å². The van der Waals surface area contributed by atoms with Gasteiger partial charge in [-0.3, -0.25) is 0 Å². The Labute approximate surface area is 139 Å². The molecule has 0 saturated heterocycles. The Bertz CT molecular complexity index is 695. The van der Waals surface area contributed by atoms with Crippen molar-refractivity contribution in [3.05, 3.63) is 65.2 Å². The molecule has 0 bridgehead atoms. The van der Waals surface area contributed by atoms with Crippen molar-refractivity contribution in [1.29, 1.82) is 0 Å². The van der Waals surface area contributed by atoms with Crippen molar-refractivity contribution in [2.24, 2.45) is 5.92 Å². The maximum absolute atomic E-state index is 5.93. The Hall–Kier alpha value is -2.20. The van der Waals surface area contributed by atoms with Crippen molar-refractivity contribution in [1.82, 2.24) is 0 Å². The number of benzene rings is 2. The molecule has 2 aromatic carbocycles. The SMILES string of the molecule is CCC1CCC(c2ccc(C#Cc3ccccc3N)cc2)CC1. The van der Waals surface area contributed by atoms with E-state index in [9.17, 15) is 0 Å². The molecule has 2 aromatic rings.